The molecule has 0 bridgehead atoms. The molecule has 2 aromatic rings. The average molecular weight is 346 g/mol. The molecule has 1 fully saturated rings. The summed E-state index contributed by atoms with van der Waals surface area (Å²) in [7, 11) is -1.16. The van der Waals surface area contributed by atoms with Gasteiger partial charge in [0, 0.05) is 18.9 Å². The Morgan fingerprint density at radius 1 is 1.29 bits per heavy atom. The Morgan fingerprint density at radius 2 is 2.08 bits per heavy atom. The molecule has 1 aromatic heterocycles. The number of aryl methyl sites for hydroxylation is 2. The number of aromatic nitrogens is 2. The number of ether oxygens (including phenoxy) is 1. The molecule has 0 radical (unpaired) electrons. The normalized spacial score (nSPS) is 21.8. The molecule has 1 atom stereocenters. The zero-order chi connectivity index (χ0) is 16.7. The van der Waals surface area contributed by atoms with E-state index < -0.39 is 9.84 Å². The van der Waals surface area contributed by atoms with Gasteiger partial charge in [0.25, 0.3) is 0 Å². The predicted molar refractivity (Wildman–Crippen MR) is 93.0 cm³/mol. The van der Waals surface area contributed by atoms with Crippen LogP contribution in [0.4, 0.5) is 0 Å². The molecule has 6 heteroatoms. The minimum atomic E-state index is -2.86. The molecule has 1 saturated heterocycles. The van der Waals surface area contributed by atoms with Gasteiger partial charge in [0.15, 0.2) is 9.84 Å². The van der Waals surface area contributed by atoms with Crippen molar-refractivity contribution in [1.82, 2.24) is 9.55 Å². The molecular formula is C18H22N2O3S. The Hall–Kier alpha value is -1.82. The molecule has 1 aliphatic heterocycles. The maximum atomic E-state index is 11.7. The first-order valence-corrected chi connectivity index (χ1v) is 10.3. The number of fused-ring (bicyclic) bond motifs is 1. The van der Waals surface area contributed by atoms with Crippen molar-refractivity contribution in [1.29, 1.82) is 0 Å². The van der Waals surface area contributed by atoms with E-state index in [0.29, 0.717) is 12.3 Å². The first-order chi connectivity index (χ1) is 11.6. The third-order valence-electron chi connectivity index (χ3n) is 5.15. The van der Waals surface area contributed by atoms with Crippen LogP contribution < -0.4 is 4.74 Å². The maximum Gasteiger partial charge on any atom is 0.150 e. The first-order valence-electron chi connectivity index (χ1n) is 8.47. The number of methoxy groups -OCH3 is 1. The van der Waals surface area contributed by atoms with Gasteiger partial charge in [-0.05, 0) is 54.9 Å². The van der Waals surface area contributed by atoms with Crippen LogP contribution in [-0.4, -0.2) is 36.6 Å². The summed E-state index contributed by atoms with van der Waals surface area (Å²) < 4.78 is 31.1. The van der Waals surface area contributed by atoms with E-state index in [9.17, 15) is 8.42 Å². The highest BCUT2D eigenvalue weighted by Gasteiger charge is 2.29. The zero-order valence-electron chi connectivity index (χ0n) is 13.9. The van der Waals surface area contributed by atoms with Crippen molar-refractivity contribution in [3.8, 4) is 17.1 Å². The van der Waals surface area contributed by atoms with E-state index >= 15 is 0 Å². The number of imidazole rings is 1. The van der Waals surface area contributed by atoms with Crippen molar-refractivity contribution in [3.05, 3.63) is 35.7 Å². The quantitative estimate of drug-likeness (QED) is 0.853. The minimum absolute atomic E-state index is 0.170. The van der Waals surface area contributed by atoms with Crippen LogP contribution in [-0.2, 0) is 29.2 Å². The number of nitrogens with zero attached hydrogens (tertiary/aromatic N) is 2. The lowest BCUT2D eigenvalue weighted by molar-refractivity contribution is 0.415. The molecule has 1 aromatic carbocycles. The molecule has 24 heavy (non-hydrogen) atoms. The van der Waals surface area contributed by atoms with E-state index in [4.69, 9.17) is 4.74 Å². The van der Waals surface area contributed by atoms with E-state index in [-0.39, 0.29) is 11.7 Å². The van der Waals surface area contributed by atoms with Crippen LogP contribution in [0.25, 0.3) is 11.4 Å². The molecule has 0 N–H and O–H groups in total. The Bertz CT molecular complexity index is 870. The van der Waals surface area contributed by atoms with Gasteiger partial charge in [-0.15, -0.1) is 0 Å². The lowest BCUT2D eigenvalue weighted by Gasteiger charge is -2.15. The average Bonchev–Trinajstić information content (AvgIpc) is 3.25. The standard InChI is InChI=1S/C18H22N2O3S/c1-23-17-10-15-4-2-3-14(15)9-16(17)18-19-6-7-20(18)11-13-5-8-24(21,22)12-13/h6-7,9-10,13H,2-5,8,11-12H2,1H3/t13-/m0/s1. The largest absolute Gasteiger partial charge is 0.496 e. The van der Waals surface area contributed by atoms with Crippen molar-refractivity contribution in [2.45, 2.75) is 32.2 Å². The van der Waals surface area contributed by atoms with Gasteiger partial charge in [0.1, 0.15) is 11.6 Å². The van der Waals surface area contributed by atoms with Crippen molar-refractivity contribution in [2.24, 2.45) is 5.92 Å². The molecule has 128 valence electrons. The topological polar surface area (TPSA) is 61.2 Å². The Kier molecular flexibility index (Phi) is 3.87. The van der Waals surface area contributed by atoms with Crippen molar-refractivity contribution >= 4 is 9.84 Å². The number of rotatable bonds is 4. The summed E-state index contributed by atoms with van der Waals surface area (Å²) in [5, 5.41) is 0. The molecule has 5 nitrogen and oxygen atoms in total. The van der Waals surface area contributed by atoms with Gasteiger partial charge >= 0.3 is 0 Å². The van der Waals surface area contributed by atoms with Crippen molar-refractivity contribution in [3.63, 3.8) is 0 Å². The molecule has 4 rings (SSSR count). The molecule has 1 aliphatic carbocycles. The fourth-order valence-electron chi connectivity index (χ4n) is 3.94. The summed E-state index contributed by atoms with van der Waals surface area (Å²) in [6.07, 6.45) is 7.87. The van der Waals surface area contributed by atoms with Crippen LogP contribution in [0.3, 0.4) is 0 Å². The van der Waals surface area contributed by atoms with Crippen LogP contribution in [0.1, 0.15) is 24.0 Å². The van der Waals surface area contributed by atoms with E-state index in [1.54, 1.807) is 13.3 Å². The molecule has 2 heterocycles. The number of sulfone groups is 1. The summed E-state index contributed by atoms with van der Waals surface area (Å²) in [5.74, 6) is 2.48. The van der Waals surface area contributed by atoms with Gasteiger partial charge in [-0.2, -0.15) is 0 Å². The second-order valence-corrected chi connectivity index (χ2v) is 9.08. The SMILES string of the molecule is COc1cc2c(cc1-c1nccn1C[C@@H]1CCS(=O)(=O)C1)CCC2. The van der Waals surface area contributed by atoms with Gasteiger partial charge < -0.3 is 9.30 Å². The molecule has 0 saturated carbocycles. The molecule has 2 aliphatic rings. The van der Waals surface area contributed by atoms with E-state index in [2.05, 4.69) is 21.7 Å². The fraction of sp³-hybridized carbons (Fsp3) is 0.500. The van der Waals surface area contributed by atoms with E-state index in [1.165, 1.54) is 17.5 Å². The monoisotopic (exact) mass is 346 g/mol. The molecule has 0 unspecified atom stereocenters. The second-order valence-electron chi connectivity index (χ2n) is 6.85. The molecule has 0 amide bonds. The highest BCUT2D eigenvalue weighted by molar-refractivity contribution is 7.91. The Morgan fingerprint density at radius 3 is 2.79 bits per heavy atom. The second kappa shape index (κ2) is 5.92. The van der Waals surface area contributed by atoms with Crippen LogP contribution in [0.5, 0.6) is 5.75 Å². The lowest BCUT2D eigenvalue weighted by atomic mass is 10.0. The van der Waals surface area contributed by atoms with Crippen LogP contribution in [0.2, 0.25) is 0 Å². The fourth-order valence-corrected chi connectivity index (χ4v) is 5.79. The predicted octanol–water partition coefficient (Wildman–Crippen LogP) is 2.48. The number of benzene rings is 1. The Labute approximate surface area is 142 Å². The summed E-state index contributed by atoms with van der Waals surface area (Å²) in [6.45, 7) is 0.689. The first kappa shape index (κ1) is 15.7. The lowest BCUT2D eigenvalue weighted by Crippen LogP contribution is -2.13. The van der Waals surface area contributed by atoms with Gasteiger partial charge in [-0.25, -0.2) is 13.4 Å². The van der Waals surface area contributed by atoms with Gasteiger partial charge in [-0.3, -0.25) is 0 Å². The zero-order valence-corrected chi connectivity index (χ0v) is 14.7. The summed E-state index contributed by atoms with van der Waals surface area (Å²) in [4.78, 5) is 4.53. The molecule has 0 spiro atoms. The smallest absolute Gasteiger partial charge is 0.150 e. The van der Waals surface area contributed by atoms with Crippen molar-refractivity contribution in [2.75, 3.05) is 18.6 Å². The Balaban J connectivity index is 1.68. The summed E-state index contributed by atoms with van der Waals surface area (Å²) >= 11 is 0. The summed E-state index contributed by atoms with van der Waals surface area (Å²) in [5.41, 5.74) is 3.75. The maximum absolute atomic E-state index is 11.7. The van der Waals surface area contributed by atoms with Crippen molar-refractivity contribution < 1.29 is 13.2 Å². The van der Waals surface area contributed by atoms with Crippen LogP contribution >= 0.6 is 0 Å². The van der Waals surface area contributed by atoms with Crippen LogP contribution in [0, 0.1) is 5.92 Å². The van der Waals surface area contributed by atoms with Gasteiger partial charge in [0.2, 0.25) is 0 Å². The summed E-state index contributed by atoms with van der Waals surface area (Å²) in [6, 6.07) is 4.34. The van der Waals surface area contributed by atoms with Gasteiger partial charge in [0.05, 0.1) is 24.2 Å². The number of hydrogen-bond donors (Lipinski definition) is 0. The minimum Gasteiger partial charge on any atom is -0.496 e. The van der Waals surface area contributed by atoms with E-state index in [1.807, 2.05) is 6.20 Å². The van der Waals surface area contributed by atoms with Gasteiger partial charge in [-0.1, -0.05) is 0 Å². The third kappa shape index (κ3) is 2.83. The number of hydrogen-bond acceptors (Lipinski definition) is 4. The third-order valence-corrected chi connectivity index (χ3v) is 6.99. The van der Waals surface area contributed by atoms with E-state index in [0.717, 1.165) is 36.4 Å². The highest BCUT2D eigenvalue weighted by Crippen LogP contribution is 2.36. The van der Waals surface area contributed by atoms with Crippen LogP contribution in [0.15, 0.2) is 24.5 Å². The molecular weight excluding hydrogens is 324 g/mol. The highest BCUT2D eigenvalue weighted by atomic mass is 32.2.